The molecule has 0 aliphatic rings. The molecule has 1 aromatic heterocycles. The number of pyridine rings is 1. The number of ether oxygens (including phenoxy) is 1. The van der Waals surface area contributed by atoms with Gasteiger partial charge in [-0.3, -0.25) is 4.98 Å². The smallest absolute Gasteiger partial charge is 0.132 e. The SMILES string of the molecule is CC.COc1c(C)cnc2ccc(C)cc12. The Balaban J connectivity index is 0.000000606. The van der Waals surface area contributed by atoms with Gasteiger partial charge in [0.1, 0.15) is 5.75 Å². The Morgan fingerprint density at radius 1 is 1.12 bits per heavy atom. The van der Waals surface area contributed by atoms with Crippen molar-refractivity contribution >= 4 is 10.9 Å². The third kappa shape index (κ3) is 2.32. The van der Waals surface area contributed by atoms with E-state index in [0.29, 0.717) is 0 Å². The predicted molar refractivity (Wildman–Crippen MR) is 69.1 cm³/mol. The van der Waals surface area contributed by atoms with Crippen molar-refractivity contribution in [1.29, 1.82) is 0 Å². The van der Waals surface area contributed by atoms with E-state index in [1.165, 1.54) is 5.56 Å². The molecule has 2 heteroatoms. The van der Waals surface area contributed by atoms with Gasteiger partial charge >= 0.3 is 0 Å². The molecule has 0 saturated carbocycles. The first kappa shape index (κ1) is 12.5. The lowest BCUT2D eigenvalue weighted by atomic mass is 10.1. The summed E-state index contributed by atoms with van der Waals surface area (Å²) in [5.74, 6) is 0.929. The minimum atomic E-state index is 0.929. The largest absolute Gasteiger partial charge is 0.496 e. The van der Waals surface area contributed by atoms with E-state index < -0.39 is 0 Å². The van der Waals surface area contributed by atoms with Crippen molar-refractivity contribution in [1.82, 2.24) is 4.98 Å². The van der Waals surface area contributed by atoms with Crippen LogP contribution in [0.25, 0.3) is 10.9 Å². The fraction of sp³-hybridized carbons (Fsp3) is 0.357. The zero-order valence-corrected chi connectivity index (χ0v) is 10.7. The summed E-state index contributed by atoms with van der Waals surface area (Å²) in [4.78, 5) is 4.35. The number of rotatable bonds is 1. The predicted octanol–water partition coefficient (Wildman–Crippen LogP) is 3.89. The van der Waals surface area contributed by atoms with Crippen LogP contribution in [0.1, 0.15) is 25.0 Å². The molecule has 0 atom stereocenters. The molecule has 16 heavy (non-hydrogen) atoms. The minimum absolute atomic E-state index is 0.929. The van der Waals surface area contributed by atoms with Crippen LogP contribution in [0.15, 0.2) is 24.4 Å². The number of hydrogen-bond acceptors (Lipinski definition) is 2. The Morgan fingerprint density at radius 3 is 2.44 bits per heavy atom. The van der Waals surface area contributed by atoms with Gasteiger partial charge in [-0.1, -0.05) is 25.5 Å². The van der Waals surface area contributed by atoms with Gasteiger partial charge in [0.2, 0.25) is 0 Å². The van der Waals surface area contributed by atoms with Gasteiger partial charge in [-0.05, 0) is 26.0 Å². The molecule has 0 aliphatic heterocycles. The maximum absolute atomic E-state index is 5.37. The third-order valence-electron chi connectivity index (χ3n) is 2.36. The fourth-order valence-electron chi connectivity index (χ4n) is 1.65. The summed E-state index contributed by atoms with van der Waals surface area (Å²) in [6.07, 6.45) is 1.84. The lowest BCUT2D eigenvalue weighted by Gasteiger charge is -2.08. The van der Waals surface area contributed by atoms with Crippen LogP contribution in [0.3, 0.4) is 0 Å². The molecule has 0 bridgehead atoms. The lowest BCUT2D eigenvalue weighted by Crippen LogP contribution is -1.91. The zero-order chi connectivity index (χ0) is 12.1. The van der Waals surface area contributed by atoms with E-state index in [0.717, 1.165) is 22.2 Å². The Morgan fingerprint density at radius 2 is 1.81 bits per heavy atom. The van der Waals surface area contributed by atoms with E-state index >= 15 is 0 Å². The van der Waals surface area contributed by atoms with E-state index in [1.54, 1.807) is 7.11 Å². The Bertz CT molecular complexity index is 472. The molecule has 0 radical (unpaired) electrons. The number of nitrogens with zero attached hydrogens (tertiary/aromatic N) is 1. The average molecular weight is 217 g/mol. The summed E-state index contributed by atoms with van der Waals surface area (Å²) < 4.78 is 5.37. The molecule has 86 valence electrons. The molecule has 0 N–H and O–H groups in total. The summed E-state index contributed by atoms with van der Waals surface area (Å²) in [5.41, 5.74) is 3.28. The van der Waals surface area contributed by atoms with Crippen molar-refractivity contribution in [3.63, 3.8) is 0 Å². The van der Waals surface area contributed by atoms with Gasteiger partial charge in [0.25, 0.3) is 0 Å². The van der Waals surface area contributed by atoms with Crippen LogP contribution >= 0.6 is 0 Å². The molecule has 0 unspecified atom stereocenters. The summed E-state index contributed by atoms with van der Waals surface area (Å²) in [6.45, 7) is 8.08. The molecule has 2 rings (SSSR count). The number of fused-ring (bicyclic) bond motifs is 1. The molecule has 2 aromatic rings. The van der Waals surface area contributed by atoms with Crippen LogP contribution in [0.2, 0.25) is 0 Å². The quantitative estimate of drug-likeness (QED) is 0.723. The van der Waals surface area contributed by atoms with E-state index in [9.17, 15) is 0 Å². The highest BCUT2D eigenvalue weighted by atomic mass is 16.5. The first-order chi connectivity index (χ1) is 7.72. The molecule has 0 fully saturated rings. The van der Waals surface area contributed by atoms with Crippen LogP contribution in [0.5, 0.6) is 5.75 Å². The number of aromatic nitrogens is 1. The highest BCUT2D eigenvalue weighted by molar-refractivity contribution is 5.86. The monoisotopic (exact) mass is 217 g/mol. The van der Waals surface area contributed by atoms with Crippen LogP contribution in [-0.4, -0.2) is 12.1 Å². The summed E-state index contributed by atoms with van der Waals surface area (Å²) in [6, 6.07) is 6.19. The van der Waals surface area contributed by atoms with E-state index in [4.69, 9.17) is 4.74 Å². The zero-order valence-electron chi connectivity index (χ0n) is 10.7. The molecule has 0 aliphatic carbocycles. The van der Waals surface area contributed by atoms with Gasteiger partial charge in [0.05, 0.1) is 12.6 Å². The molecule has 1 heterocycles. The summed E-state index contributed by atoms with van der Waals surface area (Å²) >= 11 is 0. The van der Waals surface area contributed by atoms with Gasteiger partial charge in [-0.25, -0.2) is 0 Å². The molecule has 0 spiro atoms. The van der Waals surface area contributed by atoms with Crippen molar-refractivity contribution in [3.05, 3.63) is 35.5 Å². The average Bonchev–Trinajstić information content (AvgIpc) is 2.31. The molecular formula is C14H19NO. The van der Waals surface area contributed by atoms with Crippen molar-refractivity contribution in [2.45, 2.75) is 27.7 Å². The van der Waals surface area contributed by atoms with Gasteiger partial charge in [0.15, 0.2) is 0 Å². The molecule has 1 aromatic carbocycles. The van der Waals surface area contributed by atoms with Gasteiger partial charge in [-0.15, -0.1) is 0 Å². The van der Waals surface area contributed by atoms with Crippen LogP contribution in [-0.2, 0) is 0 Å². The maximum atomic E-state index is 5.37. The van der Waals surface area contributed by atoms with E-state index in [1.807, 2.05) is 33.0 Å². The second-order valence-electron chi connectivity index (χ2n) is 3.50. The standard InChI is InChI=1S/C12H13NO.C2H6/c1-8-4-5-11-10(6-8)12(14-3)9(2)7-13-11;1-2/h4-7H,1-3H3;1-2H3. The van der Waals surface area contributed by atoms with Gasteiger partial charge in [-0.2, -0.15) is 0 Å². The number of benzene rings is 1. The van der Waals surface area contributed by atoms with Crippen molar-refractivity contribution < 1.29 is 4.74 Å². The highest BCUT2D eigenvalue weighted by Crippen LogP contribution is 2.27. The van der Waals surface area contributed by atoms with Crippen molar-refractivity contribution in [2.24, 2.45) is 0 Å². The second-order valence-corrected chi connectivity index (χ2v) is 3.50. The summed E-state index contributed by atoms with van der Waals surface area (Å²) in [5, 5.41) is 1.09. The lowest BCUT2D eigenvalue weighted by molar-refractivity contribution is 0.416. The van der Waals surface area contributed by atoms with Gasteiger partial charge in [0, 0.05) is 17.1 Å². The molecular weight excluding hydrogens is 198 g/mol. The number of methoxy groups -OCH3 is 1. The number of hydrogen-bond donors (Lipinski definition) is 0. The first-order valence-electron chi connectivity index (χ1n) is 5.62. The van der Waals surface area contributed by atoms with Crippen molar-refractivity contribution in [3.8, 4) is 5.75 Å². The maximum Gasteiger partial charge on any atom is 0.132 e. The normalized spacial score (nSPS) is 9.56. The third-order valence-corrected chi connectivity index (χ3v) is 2.36. The first-order valence-corrected chi connectivity index (χ1v) is 5.62. The molecule has 0 amide bonds. The number of aryl methyl sites for hydroxylation is 2. The fourth-order valence-corrected chi connectivity index (χ4v) is 1.65. The molecule has 2 nitrogen and oxygen atoms in total. The van der Waals surface area contributed by atoms with E-state index in [-0.39, 0.29) is 0 Å². The van der Waals surface area contributed by atoms with Crippen LogP contribution in [0, 0.1) is 13.8 Å². The molecule has 0 saturated heterocycles. The Labute approximate surface area is 97.3 Å². The van der Waals surface area contributed by atoms with Crippen LogP contribution < -0.4 is 4.74 Å². The minimum Gasteiger partial charge on any atom is -0.496 e. The second kappa shape index (κ2) is 5.50. The highest BCUT2D eigenvalue weighted by Gasteiger charge is 2.05. The summed E-state index contributed by atoms with van der Waals surface area (Å²) in [7, 11) is 1.70. The topological polar surface area (TPSA) is 22.1 Å². The van der Waals surface area contributed by atoms with Crippen molar-refractivity contribution in [2.75, 3.05) is 7.11 Å². The van der Waals surface area contributed by atoms with E-state index in [2.05, 4.69) is 24.0 Å². The Hall–Kier alpha value is -1.57. The Kier molecular flexibility index (Phi) is 4.29. The van der Waals surface area contributed by atoms with Gasteiger partial charge < -0.3 is 4.74 Å². The van der Waals surface area contributed by atoms with Crippen LogP contribution in [0.4, 0.5) is 0 Å².